The van der Waals surface area contributed by atoms with E-state index in [4.69, 9.17) is 4.74 Å². The highest BCUT2D eigenvalue weighted by Crippen LogP contribution is 2.38. The lowest BCUT2D eigenvalue weighted by Crippen LogP contribution is -2.15. The van der Waals surface area contributed by atoms with Crippen LogP contribution in [0.15, 0.2) is 120 Å². The molecule has 194 valence electrons. The predicted molar refractivity (Wildman–Crippen MR) is 152 cm³/mol. The third-order valence-corrected chi connectivity index (χ3v) is 7.68. The monoisotopic (exact) mass is 535 g/mol. The van der Waals surface area contributed by atoms with Crippen molar-refractivity contribution in [3.8, 4) is 5.75 Å². The predicted octanol–water partition coefficient (Wildman–Crippen LogP) is 6.59. The van der Waals surface area contributed by atoms with Gasteiger partial charge in [0.2, 0.25) is 0 Å². The van der Waals surface area contributed by atoms with Crippen molar-refractivity contribution in [3.63, 3.8) is 0 Å². The number of ketones is 1. The van der Waals surface area contributed by atoms with Crippen molar-refractivity contribution < 1.29 is 22.7 Å². The number of hydrogen-bond acceptors (Lipinski definition) is 5. The van der Waals surface area contributed by atoms with Crippen molar-refractivity contribution in [2.24, 2.45) is 0 Å². The van der Waals surface area contributed by atoms with E-state index in [1.165, 1.54) is 12.1 Å². The number of aryl methyl sites for hydroxylation is 1. The molecule has 0 spiro atoms. The number of sulfonamides is 1. The van der Waals surface area contributed by atoms with Crippen LogP contribution in [0.1, 0.15) is 31.8 Å². The van der Waals surface area contributed by atoms with E-state index >= 15 is 0 Å². The molecule has 0 amide bonds. The van der Waals surface area contributed by atoms with E-state index in [-0.39, 0.29) is 28.5 Å². The fraction of sp³-hybridized carbons (Fsp3) is 0.0625. The van der Waals surface area contributed by atoms with Crippen LogP contribution in [0.3, 0.4) is 0 Å². The van der Waals surface area contributed by atoms with Gasteiger partial charge in [0.05, 0.1) is 16.1 Å². The molecule has 0 aliphatic carbocycles. The van der Waals surface area contributed by atoms with Gasteiger partial charge in [-0.3, -0.25) is 9.52 Å². The Balaban J connectivity index is 1.63. The molecule has 0 bridgehead atoms. The lowest BCUT2D eigenvalue weighted by Gasteiger charge is -2.18. The maximum absolute atomic E-state index is 13.3. The zero-order valence-corrected chi connectivity index (χ0v) is 21.9. The lowest BCUT2D eigenvalue weighted by atomic mass is 9.97. The lowest BCUT2D eigenvalue weighted by molar-refractivity contribution is 0.0733. The summed E-state index contributed by atoms with van der Waals surface area (Å²) < 4.78 is 35.2. The molecule has 0 unspecified atom stereocenters. The first-order chi connectivity index (χ1) is 18.8. The molecule has 0 fully saturated rings. The first-order valence-corrected chi connectivity index (χ1v) is 13.8. The number of carbonyl (C=O) groups excluding carboxylic acids is 2. The number of esters is 1. The molecule has 0 saturated carbocycles. The summed E-state index contributed by atoms with van der Waals surface area (Å²) in [5.41, 5.74) is 2.44. The van der Waals surface area contributed by atoms with Gasteiger partial charge in [0, 0.05) is 28.3 Å². The Morgan fingerprint density at radius 3 is 1.92 bits per heavy atom. The highest BCUT2D eigenvalue weighted by Gasteiger charge is 2.22. The van der Waals surface area contributed by atoms with E-state index in [1.807, 2.05) is 13.0 Å². The Morgan fingerprint density at radius 2 is 1.28 bits per heavy atom. The summed E-state index contributed by atoms with van der Waals surface area (Å²) in [5.74, 6) is -0.570. The number of rotatable bonds is 8. The zero-order chi connectivity index (χ0) is 27.4. The Hall–Kier alpha value is -4.75. The van der Waals surface area contributed by atoms with Gasteiger partial charge in [0.25, 0.3) is 10.0 Å². The smallest absolute Gasteiger partial charge is 0.343 e. The van der Waals surface area contributed by atoms with Crippen molar-refractivity contribution >= 4 is 38.2 Å². The minimum Gasteiger partial charge on any atom is -0.422 e. The number of fused-ring (bicyclic) bond motifs is 1. The molecule has 0 saturated heterocycles. The number of nitrogens with one attached hydrogen (secondary N) is 1. The van der Waals surface area contributed by atoms with Crippen LogP contribution >= 0.6 is 0 Å². The van der Waals surface area contributed by atoms with Crippen LogP contribution in [-0.4, -0.2) is 20.2 Å². The average Bonchev–Trinajstić information content (AvgIpc) is 2.96. The summed E-state index contributed by atoms with van der Waals surface area (Å²) in [5, 5.41) is 1.03. The molecule has 5 rings (SSSR count). The molecular formula is C32H25NO5S. The molecule has 0 aromatic heterocycles. The van der Waals surface area contributed by atoms with Crippen molar-refractivity contribution in [1.29, 1.82) is 0 Å². The molecule has 6 nitrogen and oxygen atoms in total. The summed E-state index contributed by atoms with van der Waals surface area (Å²) in [6, 6.07) is 32.4. The molecule has 0 aliphatic rings. The van der Waals surface area contributed by atoms with Crippen LogP contribution in [0.4, 0.5) is 5.69 Å². The second-order valence-electron chi connectivity index (χ2n) is 9.10. The van der Waals surface area contributed by atoms with E-state index in [1.54, 1.807) is 97.1 Å². The topological polar surface area (TPSA) is 89.5 Å². The molecule has 0 heterocycles. The van der Waals surface area contributed by atoms with E-state index in [0.717, 1.165) is 5.56 Å². The average molecular weight is 536 g/mol. The Bertz CT molecular complexity index is 1770. The van der Waals surface area contributed by atoms with Crippen LogP contribution in [0, 0.1) is 6.92 Å². The minimum absolute atomic E-state index is 0.106. The quantitative estimate of drug-likeness (QED) is 0.137. The fourth-order valence-corrected chi connectivity index (χ4v) is 5.36. The van der Waals surface area contributed by atoms with Crippen molar-refractivity contribution in [2.75, 3.05) is 4.72 Å². The Labute approximate surface area is 226 Å². The fourth-order valence-electron chi connectivity index (χ4n) is 4.29. The van der Waals surface area contributed by atoms with E-state index in [2.05, 4.69) is 4.72 Å². The molecule has 39 heavy (non-hydrogen) atoms. The van der Waals surface area contributed by atoms with E-state index in [9.17, 15) is 18.0 Å². The second-order valence-corrected chi connectivity index (χ2v) is 10.8. The van der Waals surface area contributed by atoms with E-state index < -0.39 is 16.0 Å². The van der Waals surface area contributed by atoms with Gasteiger partial charge in [-0.25, -0.2) is 13.2 Å². The van der Waals surface area contributed by atoms with Crippen LogP contribution in [0.25, 0.3) is 10.8 Å². The Kier molecular flexibility index (Phi) is 7.25. The van der Waals surface area contributed by atoms with Gasteiger partial charge in [-0.15, -0.1) is 0 Å². The van der Waals surface area contributed by atoms with Gasteiger partial charge in [-0.05, 0) is 37.3 Å². The highest BCUT2D eigenvalue weighted by atomic mass is 32.2. The van der Waals surface area contributed by atoms with Crippen LogP contribution < -0.4 is 9.46 Å². The van der Waals surface area contributed by atoms with Crippen molar-refractivity contribution in [1.82, 2.24) is 0 Å². The van der Waals surface area contributed by atoms with Crippen molar-refractivity contribution in [2.45, 2.75) is 18.2 Å². The first-order valence-electron chi connectivity index (χ1n) is 12.3. The van der Waals surface area contributed by atoms with Crippen LogP contribution in [-0.2, 0) is 16.4 Å². The van der Waals surface area contributed by atoms with Gasteiger partial charge in [-0.1, -0.05) is 90.5 Å². The molecular weight excluding hydrogens is 510 g/mol. The summed E-state index contributed by atoms with van der Waals surface area (Å²) in [4.78, 5) is 26.4. The van der Waals surface area contributed by atoms with E-state index in [0.29, 0.717) is 27.5 Å². The molecule has 0 radical (unpaired) electrons. The number of benzene rings is 5. The number of ether oxygens (including phenoxy) is 1. The third-order valence-electron chi connectivity index (χ3n) is 6.30. The molecule has 0 atom stereocenters. The summed E-state index contributed by atoms with van der Waals surface area (Å²) in [7, 11) is -3.94. The standard InChI is InChI=1S/C32H25NO5S/c1-22-16-18-26(19-17-22)39(36,37)33-29-20-25(21-30(34)23-10-4-2-5-11-23)31(28-15-9-8-14-27(28)29)38-32(35)24-12-6-3-7-13-24/h2-20,33H,21H2,1H3. The highest BCUT2D eigenvalue weighted by molar-refractivity contribution is 7.92. The zero-order valence-electron chi connectivity index (χ0n) is 21.1. The first kappa shape index (κ1) is 25.9. The molecule has 7 heteroatoms. The summed E-state index contributed by atoms with van der Waals surface area (Å²) >= 11 is 0. The van der Waals surface area contributed by atoms with Gasteiger partial charge in [0.1, 0.15) is 5.75 Å². The molecule has 5 aromatic rings. The van der Waals surface area contributed by atoms with Crippen molar-refractivity contribution in [3.05, 3.63) is 138 Å². The minimum atomic E-state index is -3.94. The molecule has 0 aliphatic heterocycles. The van der Waals surface area contributed by atoms with Crippen LogP contribution in [0.5, 0.6) is 5.75 Å². The third kappa shape index (κ3) is 5.73. The number of carbonyl (C=O) groups is 2. The number of hydrogen-bond donors (Lipinski definition) is 1. The van der Waals surface area contributed by atoms with Gasteiger partial charge >= 0.3 is 5.97 Å². The van der Waals surface area contributed by atoms with Gasteiger partial charge in [-0.2, -0.15) is 0 Å². The van der Waals surface area contributed by atoms with Gasteiger partial charge in [0.15, 0.2) is 5.78 Å². The molecule has 1 N–H and O–H groups in total. The van der Waals surface area contributed by atoms with Crippen LogP contribution in [0.2, 0.25) is 0 Å². The largest absolute Gasteiger partial charge is 0.422 e. The normalized spacial score (nSPS) is 11.2. The summed E-state index contributed by atoms with van der Waals surface area (Å²) in [6.07, 6.45) is -0.106. The maximum Gasteiger partial charge on any atom is 0.343 e. The Morgan fingerprint density at radius 1 is 0.718 bits per heavy atom. The number of anilines is 1. The second kappa shape index (κ2) is 10.9. The van der Waals surface area contributed by atoms with Gasteiger partial charge < -0.3 is 4.74 Å². The maximum atomic E-state index is 13.3. The number of Topliss-reactive ketones (excluding diaryl/α,β-unsaturated/α-hetero) is 1. The molecule has 5 aromatic carbocycles. The summed E-state index contributed by atoms with van der Waals surface area (Å²) in [6.45, 7) is 1.88. The SMILES string of the molecule is Cc1ccc(S(=O)(=O)Nc2cc(CC(=O)c3ccccc3)c(OC(=O)c3ccccc3)c3ccccc23)cc1.